The first-order valence-corrected chi connectivity index (χ1v) is 8.28. The summed E-state index contributed by atoms with van der Waals surface area (Å²) in [6, 6.07) is 6.94. The lowest BCUT2D eigenvalue weighted by Gasteiger charge is -2.26. The molecule has 0 bridgehead atoms. The summed E-state index contributed by atoms with van der Waals surface area (Å²) in [7, 11) is 1.56. The molecule has 6 nitrogen and oxygen atoms in total. The van der Waals surface area contributed by atoms with Gasteiger partial charge in [0.15, 0.2) is 0 Å². The number of likely N-dealkylation sites (tertiary alicyclic amines) is 1. The van der Waals surface area contributed by atoms with E-state index in [1.807, 2.05) is 11.0 Å². The van der Waals surface area contributed by atoms with Crippen molar-refractivity contribution in [3.05, 3.63) is 41.2 Å². The Morgan fingerprint density at radius 2 is 2.04 bits per heavy atom. The minimum Gasteiger partial charge on any atom is -0.495 e. The number of ether oxygens (including phenoxy) is 1. The lowest BCUT2D eigenvalue weighted by Crippen LogP contribution is -2.36. The van der Waals surface area contributed by atoms with Crippen LogP contribution in [0.4, 0.5) is 11.6 Å². The summed E-state index contributed by atoms with van der Waals surface area (Å²) < 4.78 is 5.13. The maximum Gasteiger partial charge on any atom is 0.272 e. The molecule has 126 valence electrons. The van der Waals surface area contributed by atoms with Gasteiger partial charge in [0.1, 0.15) is 11.4 Å². The molecule has 1 amide bonds. The number of halogens is 1. The Kier molecular flexibility index (Phi) is 5.15. The lowest BCUT2D eigenvalue weighted by molar-refractivity contribution is 0.0718. The number of benzene rings is 1. The Labute approximate surface area is 145 Å². The highest BCUT2D eigenvalue weighted by atomic mass is 35.5. The van der Waals surface area contributed by atoms with Crippen molar-refractivity contribution in [1.82, 2.24) is 14.9 Å². The summed E-state index contributed by atoms with van der Waals surface area (Å²) in [5.41, 5.74) is 1.12. The Bertz CT molecular complexity index is 732. The number of nitrogens with one attached hydrogen (secondary N) is 1. The molecule has 1 fully saturated rings. The summed E-state index contributed by atoms with van der Waals surface area (Å²) in [6.45, 7) is 1.58. The molecule has 0 radical (unpaired) electrons. The third-order valence-corrected chi connectivity index (χ3v) is 4.22. The molecule has 0 atom stereocenters. The van der Waals surface area contributed by atoms with Crippen LogP contribution in [-0.4, -0.2) is 41.0 Å². The highest BCUT2D eigenvalue weighted by Crippen LogP contribution is 2.28. The molecule has 24 heavy (non-hydrogen) atoms. The van der Waals surface area contributed by atoms with Crippen molar-refractivity contribution in [2.75, 3.05) is 25.5 Å². The molecule has 1 saturated heterocycles. The molecule has 0 unspecified atom stereocenters. The van der Waals surface area contributed by atoms with Crippen molar-refractivity contribution in [2.45, 2.75) is 19.3 Å². The maximum absolute atomic E-state index is 12.5. The highest BCUT2D eigenvalue weighted by molar-refractivity contribution is 6.32. The van der Waals surface area contributed by atoms with E-state index in [1.54, 1.807) is 31.5 Å². The second-order valence-electron chi connectivity index (χ2n) is 5.59. The second kappa shape index (κ2) is 7.49. The minimum absolute atomic E-state index is 0.0482. The van der Waals surface area contributed by atoms with Crippen molar-refractivity contribution in [2.24, 2.45) is 0 Å². The zero-order valence-electron chi connectivity index (χ0n) is 13.5. The van der Waals surface area contributed by atoms with Gasteiger partial charge in [-0.3, -0.25) is 4.79 Å². The van der Waals surface area contributed by atoms with Gasteiger partial charge >= 0.3 is 0 Å². The summed E-state index contributed by atoms with van der Waals surface area (Å²) >= 11 is 6.11. The van der Waals surface area contributed by atoms with Gasteiger partial charge in [-0.1, -0.05) is 11.6 Å². The Morgan fingerprint density at radius 1 is 1.25 bits per heavy atom. The molecule has 7 heteroatoms. The SMILES string of the molecule is COc1ccc(Nc2nccc(C(=O)N3CCCCC3)n2)cc1Cl. The first-order chi connectivity index (χ1) is 11.7. The number of methoxy groups -OCH3 is 1. The molecule has 0 spiro atoms. The van der Waals surface area contributed by atoms with Gasteiger partial charge in [-0.15, -0.1) is 0 Å². The predicted molar refractivity (Wildman–Crippen MR) is 93.1 cm³/mol. The van der Waals surface area contributed by atoms with Crippen LogP contribution in [0.3, 0.4) is 0 Å². The number of hydrogen-bond donors (Lipinski definition) is 1. The number of carbonyl (C=O) groups excluding carboxylic acids is 1. The first kappa shape index (κ1) is 16.5. The Balaban J connectivity index is 1.75. The van der Waals surface area contributed by atoms with E-state index in [0.717, 1.165) is 31.6 Å². The standard InChI is InChI=1S/C17H19ClN4O2/c1-24-15-6-5-12(11-13(15)18)20-17-19-8-7-14(21-17)16(23)22-9-3-2-4-10-22/h5-8,11H,2-4,9-10H2,1H3,(H,19,20,21). The quantitative estimate of drug-likeness (QED) is 0.917. The monoisotopic (exact) mass is 346 g/mol. The number of amides is 1. The van der Waals surface area contributed by atoms with Crippen LogP contribution in [0.5, 0.6) is 5.75 Å². The molecule has 3 rings (SSSR count). The molecule has 2 aromatic rings. The molecule has 1 N–H and O–H groups in total. The lowest BCUT2D eigenvalue weighted by atomic mass is 10.1. The normalized spacial score (nSPS) is 14.3. The van der Waals surface area contributed by atoms with E-state index in [9.17, 15) is 4.79 Å². The molecule has 1 aliphatic heterocycles. The third kappa shape index (κ3) is 3.76. The maximum atomic E-state index is 12.5. The van der Waals surface area contributed by atoms with E-state index in [2.05, 4.69) is 15.3 Å². The van der Waals surface area contributed by atoms with E-state index in [-0.39, 0.29) is 5.91 Å². The van der Waals surface area contributed by atoms with E-state index in [1.165, 1.54) is 6.42 Å². The number of piperidine rings is 1. The van der Waals surface area contributed by atoms with Gasteiger partial charge in [0.05, 0.1) is 12.1 Å². The fraction of sp³-hybridized carbons (Fsp3) is 0.353. The van der Waals surface area contributed by atoms with Gasteiger partial charge in [-0.05, 0) is 43.5 Å². The summed E-state index contributed by atoms with van der Waals surface area (Å²) in [4.78, 5) is 22.9. The number of anilines is 2. The molecule has 1 aliphatic rings. The Hall–Kier alpha value is -2.34. The van der Waals surface area contributed by atoms with Crippen LogP contribution in [0.25, 0.3) is 0 Å². The van der Waals surface area contributed by atoms with Gasteiger partial charge in [-0.2, -0.15) is 0 Å². The van der Waals surface area contributed by atoms with Crippen molar-refractivity contribution < 1.29 is 9.53 Å². The van der Waals surface area contributed by atoms with Crippen LogP contribution in [-0.2, 0) is 0 Å². The second-order valence-corrected chi connectivity index (χ2v) is 6.00. The fourth-order valence-corrected chi connectivity index (χ4v) is 2.93. The number of hydrogen-bond acceptors (Lipinski definition) is 5. The zero-order valence-corrected chi connectivity index (χ0v) is 14.2. The van der Waals surface area contributed by atoms with E-state index >= 15 is 0 Å². The highest BCUT2D eigenvalue weighted by Gasteiger charge is 2.19. The van der Waals surface area contributed by atoms with Crippen LogP contribution >= 0.6 is 11.6 Å². The van der Waals surface area contributed by atoms with Crippen LogP contribution in [0, 0.1) is 0 Å². The topological polar surface area (TPSA) is 67.3 Å². The molecule has 1 aromatic heterocycles. The van der Waals surface area contributed by atoms with Crippen molar-refractivity contribution in [3.63, 3.8) is 0 Å². The summed E-state index contributed by atoms with van der Waals surface area (Å²) in [5, 5.41) is 3.55. The molecular weight excluding hydrogens is 328 g/mol. The van der Waals surface area contributed by atoms with Crippen molar-refractivity contribution in [1.29, 1.82) is 0 Å². The summed E-state index contributed by atoms with van der Waals surface area (Å²) in [5.74, 6) is 0.907. The molecule has 0 saturated carbocycles. The number of carbonyl (C=O) groups is 1. The van der Waals surface area contributed by atoms with Crippen molar-refractivity contribution >= 4 is 29.1 Å². The van der Waals surface area contributed by atoms with E-state index < -0.39 is 0 Å². The van der Waals surface area contributed by atoms with Gasteiger partial charge in [0, 0.05) is 25.0 Å². The average molecular weight is 347 g/mol. The van der Waals surface area contributed by atoms with Gasteiger partial charge in [0.25, 0.3) is 5.91 Å². The smallest absolute Gasteiger partial charge is 0.272 e. The van der Waals surface area contributed by atoms with Gasteiger partial charge in [-0.25, -0.2) is 9.97 Å². The molecular formula is C17H19ClN4O2. The van der Waals surface area contributed by atoms with Crippen LogP contribution in [0.1, 0.15) is 29.8 Å². The first-order valence-electron chi connectivity index (χ1n) is 7.90. The van der Waals surface area contributed by atoms with Crippen LogP contribution < -0.4 is 10.1 Å². The van der Waals surface area contributed by atoms with Crippen LogP contribution in [0.15, 0.2) is 30.5 Å². The fourth-order valence-electron chi connectivity index (χ4n) is 2.67. The van der Waals surface area contributed by atoms with E-state index in [0.29, 0.717) is 22.4 Å². The molecule has 2 heterocycles. The Morgan fingerprint density at radius 3 is 2.75 bits per heavy atom. The number of rotatable bonds is 4. The van der Waals surface area contributed by atoms with Gasteiger partial charge < -0.3 is 15.0 Å². The average Bonchev–Trinajstić information content (AvgIpc) is 2.62. The van der Waals surface area contributed by atoms with Crippen molar-refractivity contribution in [3.8, 4) is 5.75 Å². The minimum atomic E-state index is -0.0482. The van der Waals surface area contributed by atoms with E-state index in [4.69, 9.17) is 16.3 Å². The molecule has 1 aromatic carbocycles. The third-order valence-electron chi connectivity index (χ3n) is 3.93. The number of nitrogens with zero attached hydrogens (tertiary/aromatic N) is 3. The van der Waals surface area contributed by atoms with Crippen LogP contribution in [0.2, 0.25) is 5.02 Å². The predicted octanol–water partition coefficient (Wildman–Crippen LogP) is 3.51. The zero-order chi connectivity index (χ0) is 16.9. The van der Waals surface area contributed by atoms with Gasteiger partial charge in [0.2, 0.25) is 5.95 Å². The largest absolute Gasteiger partial charge is 0.495 e. The number of aromatic nitrogens is 2. The summed E-state index contributed by atoms with van der Waals surface area (Å²) in [6.07, 6.45) is 4.86. The molecule has 0 aliphatic carbocycles.